The summed E-state index contributed by atoms with van der Waals surface area (Å²) in [5.74, 6) is 0. The Morgan fingerprint density at radius 1 is 0.952 bits per heavy atom. The highest BCUT2D eigenvalue weighted by Gasteiger charge is 2.13. The lowest BCUT2D eigenvalue weighted by Gasteiger charge is -2.12. The summed E-state index contributed by atoms with van der Waals surface area (Å²) >= 11 is 0. The number of hydrogen-bond acceptors (Lipinski definition) is 3. The molecule has 0 aliphatic rings. The average Bonchev–Trinajstić information content (AvgIpc) is 2.42. The molecule has 2 aromatic rings. The summed E-state index contributed by atoms with van der Waals surface area (Å²) in [7, 11) is 0. The van der Waals surface area contributed by atoms with Gasteiger partial charge in [0, 0.05) is 23.9 Å². The van der Waals surface area contributed by atoms with Crippen LogP contribution in [0.15, 0.2) is 30.3 Å². The van der Waals surface area contributed by atoms with Crippen LogP contribution in [0, 0.1) is 37.8 Å². The number of nitro benzene ring substituents is 1. The van der Waals surface area contributed by atoms with Crippen molar-refractivity contribution in [2.45, 2.75) is 34.2 Å². The maximum Gasteiger partial charge on any atom is 0.272 e. The fourth-order valence-corrected chi connectivity index (χ4v) is 2.30. The maximum absolute atomic E-state index is 10.9. The summed E-state index contributed by atoms with van der Waals surface area (Å²) in [5.41, 5.74) is 6.42. The van der Waals surface area contributed by atoms with Crippen molar-refractivity contribution in [2.24, 2.45) is 0 Å². The molecule has 0 fully saturated rings. The number of nitrogens with zero attached hydrogens (tertiary/aromatic N) is 1. The van der Waals surface area contributed by atoms with E-state index in [0.717, 1.165) is 11.3 Å². The van der Waals surface area contributed by atoms with Gasteiger partial charge in [0.05, 0.1) is 4.92 Å². The van der Waals surface area contributed by atoms with Crippen LogP contribution in [0.4, 0.5) is 11.4 Å². The Hall–Kier alpha value is -2.36. The summed E-state index contributed by atoms with van der Waals surface area (Å²) in [6, 6.07) is 9.84. The number of rotatable bonds is 4. The van der Waals surface area contributed by atoms with Crippen molar-refractivity contribution in [1.29, 1.82) is 0 Å². The minimum atomic E-state index is -0.338. The zero-order chi connectivity index (χ0) is 15.6. The Morgan fingerprint density at radius 3 is 2.29 bits per heavy atom. The number of anilines is 1. The Bertz CT molecular complexity index is 693. The molecule has 0 aliphatic carbocycles. The molecule has 0 unspecified atom stereocenters. The minimum absolute atomic E-state index is 0.171. The van der Waals surface area contributed by atoms with Crippen LogP contribution in [-0.2, 0) is 6.54 Å². The summed E-state index contributed by atoms with van der Waals surface area (Å²) in [4.78, 5) is 10.6. The Balaban J connectivity index is 2.18. The van der Waals surface area contributed by atoms with Gasteiger partial charge in [-0.3, -0.25) is 10.1 Å². The molecule has 2 rings (SSSR count). The average molecular weight is 284 g/mol. The Labute approximate surface area is 125 Å². The van der Waals surface area contributed by atoms with Crippen LogP contribution in [0.5, 0.6) is 0 Å². The van der Waals surface area contributed by atoms with Crippen LogP contribution in [0.2, 0.25) is 0 Å². The topological polar surface area (TPSA) is 55.2 Å². The highest BCUT2D eigenvalue weighted by atomic mass is 16.6. The van der Waals surface area contributed by atoms with Gasteiger partial charge in [0.25, 0.3) is 5.69 Å². The fraction of sp³-hybridized carbons (Fsp3) is 0.294. The summed E-state index contributed by atoms with van der Waals surface area (Å²) in [5, 5.41) is 14.3. The minimum Gasteiger partial charge on any atom is -0.381 e. The number of aryl methyl sites for hydroxylation is 4. The molecule has 4 nitrogen and oxygen atoms in total. The third-order valence-electron chi connectivity index (χ3n) is 3.79. The molecule has 0 saturated carbocycles. The smallest absolute Gasteiger partial charge is 0.272 e. The van der Waals surface area contributed by atoms with Crippen LogP contribution < -0.4 is 5.32 Å². The van der Waals surface area contributed by atoms with E-state index in [1.165, 1.54) is 16.7 Å². The molecule has 1 N–H and O–H groups in total. The van der Waals surface area contributed by atoms with Crippen LogP contribution in [0.3, 0.4) is 0 Å². The first-order valence-corrected chi connectivity index (χ1v) is 6.94. The molecule has 0 heterocycles. The van der Waals surface area contributed by atoms with Crippen LogP contribution in [-0.4, -0.2) is 4.92 Å². The van der Waals surface area contributed by atoms with Gasteiger partial charge in [0.1, 0.15) is 0 Å². The first-order valence-electron chi connectivity index (χ1n) is 6.94. The fourth-order valence-electron chi connectivity index (χ4n) is 2.30. The van der Waals surface area contributed by atoms with E-state index in [4.69, 9.17) is 0 Å². The molecule has 110 valence electrons. The SMILES string of the molecule is Cc1ccc(CNc2cc(C)c([N+](=O)[O-])cc2C)cc1C. The molecule has 0 spiro atoms. The van der Waals surface area contributed by atoms with Gasteiger partial charge < -0.3 is 5.32 Å². The second-order valence-corrected chi connectivity index (χ2v) is 5.48. The summed E-state index contributed by atoms with van der Waals surface area (Å²) in [6.45, 7) is 8.55. The lowest BCUT2D eigenvalue weighted by molar-refractivity contribution is -0.385. The van der Waals surface area contributed by atoms with Crippen LogP contribution in [0.25, 0.3) is 0 Å². The standard InChI is InChI=1S/C17H20N2O2/c1-11-5-6-15(7-12(11)2)10-18-16-8-14(4)17(19(20)21)9-13(16)3/h5-9,18H,10H2,1-4H3. The van der Waals surface area contributed by atoms with E-state index >= 15 is 0 Å². The predicted molar refractivity (Wildman–Crippen MR) is 85.8 cm³/mol. The number of hydrogen-bond donors (Lipinski definition) is 1. The first-order chi connectivity index (χ1) is 9.88. The monoisotopic (exact) mass is 284 g/mol. The zero-order valence-corrected chi connectivity index (χ0v) is 12.9. The van der Waals surface area contributed by atoms with Gasteiger partial charge >= 0.3 is 0 Å². The normalized spacial score (nSPS) is 10.5. The largest absolute Gasteiger partial charge is 0.381 e. The predicted octanol–water partition coefficient (Wildman–Crippen LogP) is 4.44. The van der Waals surface area contributed by atoms with E-state index in [1.54, 1.807) is 13.0 Å². The number of nitro groups is 1. The molecular weight excluding hydrogens is 264 g/mol. The zero-order valence-electron chi connectivity index (χ0n) is 12.9. The quantitative estimate of drug-likeness (QED) is 0.667. The van der Waals surface area contributed by atoms with Gasteiger partial charge in [0.15, 0.2) is 0 Å². The van der Waals surface area contributed by atoms with Crippen molar-refractivity contribution >= 4 is 11.4 Å². The molecule has 4 heteroatoms. The van der Waals surface area contributed by atoms with E-state index in [9.17, 15) is 10.1 Å². The molecular formula is C17H20N2O2. The van der Waals surface area contributed by atoms with E-state index in [-0.39, 0.29) is 10.6 Å². The molecule has 0 bridgehead atoms. The summed E-state index contributed by atoms with van der Waals surface area (Å²) < 4.78 is 0. The van der Waals surface area contributed by atoms with Gasteiger partial charge in [-0.15, -0.1) is 0 Å². The molecule has 21 heavy (non-hydrogen) atoms. The second kappa shape index (κ2) is 5.95. The third-order valence-corrected chi connectivity index (χ3v) is 3.79. The van der Waals surface area contributed by atoms with Crippen molar-refractivity contribution in [3.05, 3.63) is 68.3 Å². The highest BCUT2D eigenvalue weighted by Crippen LogP contribution is 2.26. The highest BCUT2D eigenvalue weighted by molar-refractivity contribution is 5.59. The van der Waals surface area contributed by atoms with Gasteiger partial charge in [-0.05, 0) is 56.0 Å². The van der Waals surface area contributed by atoms with Crippen molar-refractivity contribution in [1.82, 2.24) is 0 Å². The molecule has 2 aromatic carbocycles. The van der Waals surface area contributed by atoms with E-state index < -0.39 is 0 Å². The number of benzene rings is 2. The van der Waals surface area contributed by atoms with Gasteiger partial charge in [-0.1, -0.05) is 18.2 Å². The third kappa shape index (κ3) is 3.40. The molecule has 0 saturated heterocycles. The first kappa shape index (κ1) is 15.0. The van der Waals surface area contributed by atoms with Crippen LogP contribution in [0.1, 0.15) is 27.8 Å². The van der Waals surface area contributed by atoms with E-state index in [2.05, 4.69) is 37.4 Å². The van der Waals surface area contributed by atoms with Crippen molar-refractivity contribution in [3.8, 4) is 0 Å². The van der Waals surface area contributed by atoms with E-state index in [0.29, 0.717) is 12.1 Å². The molecule has 0 atom stereocenters. The molecule has 0 aromatic heterocycles. The lowest BCUT2D eigenvalue weighted by Crippen LogP contribution is -2.03. The number of nitrogens with one attached hydrogen (secondary N) is 1. The second-order valence-electron chi connectivity index (χ2n) is 5.48. The van der Waals surface area contributed by atoms with E-state index in [1.807, 2.05) is 13.0 Å². The van der Waals surface area contributed by atoms with Crippen molar-refractivity contribution in [2.75, 3.05) is 5.32 Å². The molecule has 0 aliphatic heterocycles. The van der Waals surface area contributed by atoms with Crippen LogP contribution >= 0.6 is 0 Å². The lowest BCUT2D eigenvalue weighted by atomic mass is 10.1. The molecule has 0 radical (unpaired) electrons. The summed E-state index contributed by atoms with van der Waals surface area (Å²) in [6.07, 6.45) is 0. The van der Waals surface area contributed by atoms with Gasteiger partial charge in [-0.2, -0.15) is 0 Å². The Morgan fingerprint density at radius 2 is 1.67 bits per heavy atom. The maximum atomic E-state index is 10.9. The molecule has 0 amide bonds. The van der Waals surface area contributed by atoms with Gasteiger partial charge in [-0.25, -0.2) is 0 Å². The van der Waals surface area contributed by atoms with Crippen molar-refractivity contribution < 1.29 is 4.92 Å². The Kier molecular flexibility index (Phi) is 4.26. The van der Waals surface area contributed by atoms with Crippen molar-refractivity contribution in [3.63, 3.8) is 0 Å². The van der Waals surface area contributed by atoms with Gasteiger partial charge in [0.2, 0.25) is 0 Å².